The number of aliphatic hydroxyl groups excluding tert-OH is 5. The molecule has 18 heteroatoms. The van der Waals surface area contributed by atoms with Crippen molar-refractivity contribution < 1.29 is 58.9 Å². The SMILES string of the molecule is COC(=O)CCCCN1C(=O)[C@@]2(O[C@@H](CCn3cc(C(CO)c4ccccc4)nn3)[C@H]([Si](C)(C)c3ccc(OC)cc3)[C@H]2C)c2cc(NC(=O)[C@H]3O[C@@H](O)[C@H](O)[C@@H](O)[C@@H]3O)ccc21. The molecular formula is C45H57N5O12Si. The lowest BCUT2D eigenvalue weighted by Crippen LogP contribution is -2.60. The van der Waals surface area contributed by atoms with Crippen LogP contribution < -0.4 is 20.1 Å². The number of hydrogen-bond donors (Lipinski definition) is 6. The monoisotopic (exact) mass is 887 g/mol. The molecule has 1 spiro atoms. The van der Waals surface area contributed by atoms with Crippen molar-refractivity contribution in [2.24, 2.45) is 5.92 Å². The van der Waals surface area contributed by atoms with Crippen LogP contribution in [0.5, 0.6) is 5.75 Å². The largest absolute Gasteiger partial charge is 0.497 e. The van der Waals surface area contributed by atoms with Crippen LogP contribution in [0.15, 0.2) is 79.0 Å². The Bertz CT molecular complexity index is 2240. The van der Waals surface area contributed by atoms with E-state index in [0.29, 0.717) is 42.8 Å². The van der Waals surface area contributed by atoms with Gasteiger partial charge < -0.3 is 54.7 Å². The third-order valence-electron chi connectivity index (χ3n) is 13.1. The van der Waals surface area contributed by atoms with Gasteiger partial charge >= 0.3 is 5.97 Å². The summed E-state index contributed by atoms with van der Waals surface area (Å²) in [5.41, 5.74) is 1.19. The van der Waals surface area contributed by atoms with Gasteiger partial charge in [0.2, 0.25) is 0 Å². The minimum absolute atomic E-state index is 0.150. The van der Waals surface area contributed by atoms with Crippen molar-refractivity contribution in [2.75, 3.05) is 37.6 Å². The summed E-state index contributed by atoms with van der Waals surface area (Å²) in [7, 11) is 0.372. The van der Waals surface area contributed by atoms with Crippen LogP contribution in [0.4, 0.5) is 11.4 Å². The fourth-order valence-corrected chi connectivity index (χ4v) is 13.8. The molecule has 4 heterocycles. The van der Waals surface area contributed by atoms with Crippen LogP contribution in [0.25, 0.3) is 0 Å². The van der Waals surface area contributed by atoms with Crippen LogP contribution in [0, 0.1) is 5.92 Å². The first-order chi connectivity index (χ1) is 30.2. The fourth-order valence-electron chi connectivity index (χ4n) is 9.71. The maximum Gasteiger partial charge on any atom is 0.305 e. The number of aryl methyl sites for hydroxylation is 1. The van der Waals surface area contributed by atoms with Crippen molar-refractivity contribution in [2.45, 2.75) is 106 Å². The average molecular weight is 888 g/mol. The number of nitrogens with zero attached hydrogens (tertiary/aromatic N) is 4. The number of unbranched alkanes of at least 4 members (excludes halogenated alkanes) is 1. The van der Waals surface area contributed by atoms with E-state index in [1.807, 2.05) is 55.6 Å². The van der Waals surface area contributed by atoms with Crippen molar-refractivity contribution in [3.8, 4) is 5.75 Å². The minimum atomic E-state index is -2.58. The molecule has 6 N–H and O–H groups in total. The number of ether oxygens (including phenoxy) is 4. The van der Waals surface area contributed by atoms with Crippen LogP contribution in [-0.4, -0.2) is 131 Å². The van der Waals surface area contributed by atoms with E-state index >= 15 is 4.79 Å². The smallest absolute Gasteiger partial charge is 0.305 e. The Morgan fingerprint density at radius 2 is 1.68 bits per heavy atom. The summed E-state index contributed by atoms with van der Waals surface area (Å²) in [6, 6.07) is 22.6. The molecule has 7 rings (SSSR count). The van der Waals surface area contributed by atoms with E-state index in [1.54, 1.807) is 34.9 Å². The van der Waals surface area contributed by atoms with Gasteiger partial charge in [0, 0.05) is 42.9 Å². The number of anilines is 2. The number of carbonyl (C=O) groups excluding carboxylic acids is 3. The highest BCUT2D eigenvalue weighted by atomic mass is 28.3. The van der Waals surface area contributed by atoms with Crippen molar-refractivity contribution in [1.29, 1.82) is 0 Å². The maximum atomic E-state index is 15.3. The van der Waals surface area contributed by atoms with Gasteiger partial charge in [-0.05, 0) is 60.7 Å². The molecule has 0 saturated carbocycles. The van der Waals surface area contributed by atoms with Gasteiger partial charge in [0.25, 0.3) is 11.8 Å². The molecule has 1 unspecified atom stereocenters. The van der Waals surface area contributed by atoms with Crippen LogP contribution in [0.3, 0.4) is 0 Å². The fraction of sp³-hybridized carbons (Fsp3) is 0.489. The van der Waals surface area contributed by atoms with Crippen molar-refractivity contribution in [3.63, 3.8) is 0 Å². The van der Waals surface area contributed by atoms with Crippen LogP contribution in [0.2, 0.25) is 18.6 Å². The lowest BCUT2D eigenvalue weighted by atomic mass is 9.82. The summed E-state index contributed by atoms with van der Waals surface area (Å²) in [6.07, 6.45) is -6.20. The maximum absolute atomic E-state index is 15.3. The predicted octanol–water partition coefficient (Wildman–Crippen LogP) is 2.15. The van der Waals surface area contributed by atoms with Gasteiger partial charge in [0.1, 0.15) is 24.1 Å². The van der Waals surface area contributed by atoms with Gasteiger partial charge in [-0.25, -0.2) is 0 Å². The Hall–Kier alpha value is -5.05. The highest BCUT2D eigenvalue weighted by molar-refractivity contribution is 6.91. The molecule has 2 amide bonds. The molecule has 3 aliphatic heterocycles. The van der Waals surface area contributed by atoms with Gasteiger partial charge in [-0.15, -0.1) is 5.10 Å². The second-order valence-corrected chi connectivity index (χ2v) is 21.8. The van der Waals surface area contributed by atoms with E-state index < -0.39 is 62.3 Å². The van der Waals surface area contributed by atoms with Crippen LogP contribution in [0.1, 0.15) is 55.3 Å². The topological polar surface area (TPSA) is 235 Å². The molecule has 3 aromatic carbocycles. The van der Waals surface area contributed by atoms with Gasteiger partial charge in [-0.1, -0.05) is 72.9 Å². The lowest BCUT2D eigenvalue weighted by molar-refractivity contribution is -0.274. The zero-order valence-corrected chi connectivity index (χ0v) is 37.0. The number of esters is 1. The molecule has 0 aliphatic carbocycles. The number of aromatic nitrogens is 3. The van der Waals surface area contributed by atoms with E-state index in [2.05, 4.69) is 40.9 Å². The zero-order chi connectivity index (χ0) is 45.2. The van der Waals surface area contributed by atoms with Crippen molar-refractivity contribution >= 4 is 42.4 Å². The number of methoxy groups -OCH3 is 2. The normalized spacial score (nSPS) is 27.3. The number of nitrogens with one attached hydrogen (secondary N) is 1. The number of benzene rings is 3. The number of rotatable bonds is 16. The molecule has 4 aromatic rings. The molecule has 10 atom stereocenters. The van der Waals surface area contributed by atoms with Crippen molar-refractivity contribution in [3.05, 3.63) is 95.8 Å². The molecule has 1 aromatic heterocycles. The molecule has 2 saturated heterocycles. The molecule has 2 fully saturated rings. The first kappa shape index (κ1) is 46.0. The summed E-state index contributed by atoms with van der Waals surface area (Å²) in [5, 5.41) is 64.1. The van der Waals surface area contributed by atoms with Crippen LogP contribution >= 0.6 is 0 Å². The molecular weight excluding hydrogens is 831 g/mol. The predicted molar refractivity (Wildman–Crippen MR) is 232 cm³/mol. The number of fused-ring (bicyclic) bond motifs is 2. The van der Waals surface area contributed by atoms with E-state index in [0.717, 1.165) is 16.5 Å². The highest BCUT2D eigenvalue weighted by Gasteiger charge is 2.66. The first-order valence-corrected chi connectivity index (χ1v) is 24.3. The standard InChI is InChI=1S/C45H57N5O12Si/c1-26-41(63(4,5)30-17-15-29(59-2)16-18-30)35(20-22-49-24-33(47-48-49)31(25-51)27-11-7-6-8-12-27)62-45(26)32-23-28(46-42(56)40-38(54)37(53)39(55)43(57)61-40)14-19-34(32)50(44(45)58)21-10-9-13-36(52)60-3/h6-8,11-12,14-19,23-24,26,31,35,37-41,43,51,53-55,57H,9-10,13,20-22,25H2,1-5H3,(H,46,56)/t26-,31?,35+,37+,38+,39-,40+,41-,43-,45+/m1/s1. The number of amides is 2. The summed E-state index contributed by atoms with van der Waals surface area (Å²) < 4.78 is 24.5. The Balaban J connectivity index is 1.25. The molecule has 3 aliphatic rings. The van der Waals surface area contributed by atoms with E-state index in [4.69, 9.17) is 18.9 Å². The quantitative estimate of drug-likeness (QED) is 0.0538. The molecule has 0 bridgehead atoms. The lowest BCUT2D eigenvalue weighted by Gasteiger charge is -2.37. The zero-order valence-electron chi connectivity index (χ0n) is 36.0. The second kappa shape index (κ2) is 19.0. The Morgan fingerprint density at radius 1 is 0.952 bits per heavy atom. The van der Waals surface area contributed by atoms with Crippen LogP contribution in [-0.2, 0) is 40.7 Å². The number of carbonyl (C=O) groups is 3. The summed E-state index contributed by atoms with van der Waals surface area (Å²) in [5.74, 6) is -1.58. The van der Waals surface area contributed by atoms with Gasteiger partial charge in [-0.2, -0.15) is 0 Å². The van der Waals surface area contributed by atoms with Gasteiger partial charge in [0.05, 0.1) is 52.3 Å². The van der Waals surface area contributed by atoms with E-state index in [9.17, 15) is 35.1 Å². The molecule has 63 heavy (non-hydrogen) atoms. The third-order valence-corrected chi connectivity index (χ3v) is 17.5. The average Bonchev–Trinajstić information content (AvgIpc) is 3.95. The van der Waals surface area contributed by atoms with Gasteiger partial charge in [-0.3, -0.25) is 19.1 Å². The Morgan fingerprint density at radius 3 is 2.37 bits per heavy atom. The molecule has 17 nitrogen and oxygen atoms in total. The molecule has 0 radical (unpaired) electrons. The summed E-state index contributed by atoms with van der Waals surface area (Å²) in [6.45, 7) is 7.08. The Labute approximate surface area is 366 Å². The summed E-state index contributed by atoms with van der Waals surface area (Å²) >= 11 is 0. The number of hydrogen-bond acceptors (Lipinski definition) is 14. The van der Waals surface area contributed by atoms with Gasteiger partial charge in [0.15, 0.2) is 18.0 Å². The minimum Gasteiger partial charge on any atom is -0.497 e. The van der Waals surface area contributed by atoms with E-state index in [1.165, 1.54) is 7.11 Å². The number of aliphatic hydroxyl groups is 5. The van der Waals surface area contributed by atoms with Crippen molar-refractivity contribution in [1.82, 2.24) is 15.0 Å². The summed E-state index contributed by atoms with van der Waals surface area (Å²) in [4.78, 5) is 42.5. The Kier molecular flexibility index (Phi) is 13.8. The third kappa shape index (κ3) is 8.78. The first-order valence-electron chi connectivity index (χ1n) is 21.3. The second-order valence-electron chi connectivity index (χ2n) is 17.1. The van der Waals surface area contributed by atoms with E-state index in [-0.39, 0.29) is 48.6 Å². The molecule has 338 valence electrons. The highest BCUT2D eigenvalue weighted by Crippen LogP contribution is 2.60.